The summed E-state index contributed by atoms with van der Waals surface area (Å²) in [6, 6.07) is 4.02. The molecule has 1 rings (SSSR count). The summed E-state index contributed by atoms with van der Waals surface area (Å²) >= 11 is 3.93. The molecule has 0 aliphatic heterocycles. The van der Waals surface area contributed by atoms with E-state index >= 15 is 0 Å². The molecule has 0 bridgehead atoms. The van der Waals surface area contributed by atoms with Gasteiger partial charge in [0.2, 0.25) is 0 Å². The first-order valence-corrected chi connectivity index (χ1v) is 4.74. The Labute approximate surface area is 101 Å². The van der Waals surface area contributed by atoms with Gasteiger partial charge >= 0.3 is 12.6 Å². The molecule has 0 saturated carbocycles. The van der Waals surface area contributed by atoms with Crippen LogP contribution in [0.5, 0.6) is 5.75 Å². The second-order valence-corrected chi connectivity index (χ2v) is 3.33. The number of hydrogen-bond donors (Lipinski definition) is 1. The van der Waals surface area contributed by atoms with Gasteiger partial charge in [0.05, 0.1) is 18.7 Å². The van der Waals surface area contributed by atoms with E-state index in [1.807, 2.05) is 0 Å². The third-order valence-electron chi connectivity index (χ3n) is 1.82. The maximum atomic E-state index is 12.2. The minimum atomic E-state index is -3.11. The van der Waals surface area contributed by atoms with Crippen molar-refractivity contribution in [1.82, 2.24) is 0 Å². The number of hydrogen-bond acceptors (Lipinski definition) is 5. The first kappa shape index (κ1) is 13.3. The predicted octanol–water partition coefficient (Wildman–Crippen LogP) is 2.23. The smallest absolute Gasteiger partial charge is 0.387 e. The Morgan fingerprint density at radius 3 is 2.65 bits per heavy atom. The molecule has 90 valence electrons. The number of carbonyl (C=O) groups is 1. The number of rotatable bonds is 3. The summed E-state index contributed by atoms with van der Waals surface area (Å²) < 4.78 is 32.9. The minimum Gasteiger partial charge on any atom is -0.465 e. The number of nitriles is 1. The molecule has 0 spiro atoms. The van der Waals surface area contributed by atoms with E-state index < -0.39 is 18.3 Å². The molecule has 17 heavy (non-hydrogen) atoms. The van der Waals surface area contributed by atoms with Crippen molar-refractivity contribution in [2.45, 2.75) is 11.5 Å². The van der Waals surface area contributed by atoms with Crippen LogP contribution in [0, 0.1) is 11.3 Å². The number of alkyl halides is 2. The molecule has 0 aliphatic rings. The largest absolute Gasteiger partial charge is 0.465 e. The van der Waals surface area contributed by atoms with Crippen LogP contribution in [-0.2, 0) is 4.74 Å². The number of nitrogens with zero attached hydrogens (tertiary/aromatic N) is 1. The lowest BCUT2D eigenvalue weighted by atomic mass is 10.1. The van der Waals surface area contributed by atoms with Crippen LogP contribution >= 0.6 is 12.6 Å². The summed E-state index contributed by atoms with van der Waals surface area (Å²) in [7, 11) is 1.10. The van der Waals surface area contributed by atoms with E-state index in [1.165, 1.54) is 6.07 Å². The lowest BCUT2D eigenvalue weighted by molar-refractivity contribution is -0.0505. The molecular weight excluding hydrogens is 252 g/mol. The van der Waals surface area contributed by atoms with Gasteiger partial charge in [-0.05, 0) is 12.1 Å². The highest BCUT2D eigenvalue weighted by molar-refractivity contribution is 7.80. The van der Waals surface area contributed by atoms with Gasteiger partial charge in [-0.3, -0.25) is 0 Å². The fourth-order valence-corrected chi connectivity index (χ4v) is 1.50. The van der Waals surface area contributed by atoms with Crippen molar-refractivity contribution in [2.75, 3.05) is 7.11 Å². The summed E-state index contributed by atoms with van der Waals surface area (Å²) in [6.07, 6.45) is 0. The lowest BCUT2D eigenvalue weighted by Gasteiger charge is -2.11. The molecule has 0 aromatic heterocycles. The van der Waals surface area contributed by atoms with Crippen LogP contribution in [0.4, 0.5) is 8.78 Å². The molecule has 0 atom stereocenters. The van der Waals surface area contributed by atoms with E-state index in [-0.39, 0.29) is 16.0 Å². The molecule has 0 aliphatic carbocycles. The highest BCUT2D eigenvalue weighted by Gasteiger charge is 2.20. The maximum absolute atomic E-state index is 12.2. The van der Waals surface area contributed by atoms with Gasteiger partial charge in [0, 0.05) is 4.90 Å². The van der Waals surface area contributed by atoms with Crippen LogP contribution in [0.25, 0.3) is 0 Å². The summed E-state index contributed by atoms with van der Waals surface area (Å²) in [5.74, 6) is -1.30. The Balaban J connectivity index is 3.35. The zero-order valence-corrected chi connectivity index (χ0v) is 9.50. The Morgan fingerprint density at radius 1 is 1.53 bits per heavy atom. The predicted molar refractivity (Wildman–Crippen MR) is 56.4 cm³/mol. The van der Waals surface area contributed by atoms with Crippen LogP contribution in [0.3, 0.4) is 0 Å². The van der Waals surface area contributed by atoms with E-state index in [4.69, 9.17) is 5.26 Å². The van der Waals surface area contributed by atoms with Gasteiger partial charge in [-0.2, -0.15) is 14.0 Å². The van der Waals surface area contributed by atoms with Crippen LogP contribution in [-0.4, -0.2) is 19.7 Å². The van der Waals surface area contributed by atoms with Gasteiger partial charge in [-0.15, -0.1) is 12.6 Å². The van der Waals surface area contributed by atoms with Crippen molar-refractivity contribution in [3.05, 3.63) is 23.3 Å². The van der Waals surface area contributed by atoms with Crippen molar-refractivity contribution in [1.29, 1.82) is 5.26 Å². The Kier molecular flexibility index (Phi) is 4.29. The number of halogens is 2. The zero-order chi connectivity index (χ0) is 13.0. The number of methoxy groups -OCH3 is 1. The minimum absolute atomic E-state index is 0.0338. The van der Waals surface area contributed by atoms with Gasteiger partial charge in [0.15, 0.2) is 0 Å². The average Bonchev–Trinajstić information content (AvgIpc) is 2.26. The SMILES string of the molecule is COC(=O)c1c(S)cc(C#N)cc1OC(F)F. The van der Waals surface area contributed by atoms with Crippen molar-refractivity contribution in [3.8, 4) is 11.8 Å². The molecule has 0 N–H and O–H groups in total. The summed E-state index contributed by atoms with van der Waals surface area (Å²) in [5, 5.41) is 8.66. The molecule has 4 nitrogen and oxygen atoms in total. The molecule has 0 amide bonds. The molecular formula is C10H7F2NO3S. The van der Waals surface area contributed by atoms with Crippen LogP contribution in [0.15, 0.2) is 17.0 Å². The molecule has 7 heteroatoms. The Bertz CT molecular complexity index is 485. The third kappa shape index (κ3) is 3.07. The van der Waals surface area contributed by atoms with Crippen LogP contribution in [0.1, 0.15) is 15.9 Å². The van der Waals surface area contributed by atoms with E-state index in [9.17, 15) is 13.6 Å². The second-order valence-electron chi connectivity index (χ2n) is 2.85. The summed E-state index contributed by atoms with van der Waals surface area (Å²) in [4.78, 5) is 11.4. The Hall–Kier alpha value is -1.81. The fourth-order valence-electron chi connectivity index (χ4n) is 1.16. The third-order valence-corrected chi connectivity index (χ3v) is 2.17. The number of carbonyl (C=O) groups excluding carboxylic acids is 1. The molecule has 1 aromatic rings. The van der Waals surface area contributed by atoms with Gasteiger partial charge in [-0.1, -0.05) is 0 Å². The van der Waals surface area contributed by atoms with Crippen molar-refractivity contribution >= 4 is 18.6 Å². The number of thiol groups is 1. The van der Waals surface area contributed by atoms with Gasteiger partial charge in [-0.25, -0.2) is 4.79 Å². The monoisotopic (exact) mass is 259 g/mol. The van der Waals surface area contributed by atoms with Crippen molar-refractivity contribution in [2.24, 2.45) is 0 Å². The highest BCUT2D eigenvalue weighted by atomic mass is 32.1. The first-order valence-electron chi connectivity index (χ1n) is 4.29. The quantitative estimate of drug-likeness (QED) is 0.668. The standard InChI is InChI=1S/C10H7F2NO3S/c1-15-9(14)8-6(16-10(11)12)2-5(4-13)3-7(8)17/h2-3,10,17H,1H3. The fraction of sp³-hybridized carbons (Fsp3) is 0.200. The van der Waals surface area contributed by atoms with Crippen molar-refractivity contribution in [3.63, 3.8) is 0 Å². The second kappa shape index (κ2) is 5.50. The number of esters is 1. The molecule has 0 heterocycles. The number of ether oxygens (including phenoxy) is 2. The van der Waals surface area contributed by atoms with Crippen LogP contribution < -0.4 is 4.74 Å². The molecule has 1 aromatic carbocycles. The van der Waals surface area contributed by atoms with E-state index in [1.54, 1.807) is 6.07 Å². The molecule has 0 unspecified atom stereocenters. The summed E-state index contributed by atoms with van der Waals surface area (Å²) in [5.41, 5.74) is -0.187. The molecule has 0 radical (unpaired) electrons. The number of benzene rings is 1. The topological polar surface area (TPSA) is 59.3 Å². The van der Waals surface area contributed by atoms with Gasteiger partial charge in [0.1, 0.15) is 11.3 Å². The molecule has 0 saturated heterocycles. The average molecular weight is 259 g/mol. The van der Waals surface area contributed by atoms with E-state index in [0.717, 1.165) is 13.2 Å². The summed E-state index contributed by atoms with van der Waals surface area (Å²) in [6.45, 7) is -3.11. The Morgan fingerprint density at radius 2 is 2.18 bits per heavy atom. The first-order chi connectivity index (χ1) is 7.99. The van der Waals surface area contributed by atoms with E-state index in [2.05, 4.69) is 22.1 Å². The normalized spacial score (nSPS) is 9.88. The van der Waals surface area contributed by atoms with Crippen LogP contribution in [0.2, 0.25) is 0 Å². The van der Waals surface area contributed by atoms with E-state index in [0.29, 0.717) is 0 Å². The zero-order valence-electron chi connectivity index (χ0n) is 8.61. The lowest BCUT2D eigenvalue weighted by Crippen LogP contribution is -2.10. The molecule has 0 fully saturated rings. The highest BCUT2D eigenvalue weighted by Crippen LogP contribution is 2.29. The van der Waals surface area contributed by atoms with Crippen molar-refractivity contribution < 1.29 is 23.0 Å². The van der Waals surface area contributed by atoms with Gasteiger partial charge < -0.3 is 9.47 Å². The van der Waals surface area contributed by atoms with Gasteiger partial charge in [0.25, 0.3) is 0 Å². The maximum Gasteiger partial charge on any atom is 0.387 e.